The van der Waals surface area contributed by atoms with Crippen LogP contribution in [-0.2, 0) is 6.54 Å². The van der Waals surface area contributed by atoms with E-state index < -0.39 is 0 Å². The van der Waals surface area contributed by atoms with Gasteiger partial charge in [-0.2, -0.15) is 0 Å². The third kappa shape index (κ3) is 4.16. The van der Waals surface area contributed by atoms with Gasteiger partial charge in [0.1, 0.15) is 0 Å². The molecule has 166 valence electrons. The first-order chi connectivity index (χ1) is 16.0. The van der Waals surface area contributed by atoms with Gasteiger partial charge in [0, 0.05) is 22.5 Å². The van der Waals surface area contributed by atoms with Crippen molar-refractivity contribution in [3.05, 3.63) is 113 Å². The maximum atomic E-state index is 13.8. The Morgan fingerprint density at radius 3 is 2.39 bits per heavy atom. The van der Waals surface area contributed by atoms with E-state index in [1.165, 1.54) is 4.90 Å². The van der Waals surface area contributed by atoms with E-state index in [4.69, 9.17) is 0 Å². The fraction of sp³-hybridized carbons (Fsp3) is 0.179. The number of benzene rings is 3. The largest absolute Gasteiger partial charge is 0.322 e. The topological polar surface area (TPSA) is 37.3 Å². The molecule has 0 spiro atoms. The van der Waals surface area contributed by atoms with Crippen LogP contribution in [0.25, 0.3) is 5.69 Å². The zero-order chi connectivity index (χ0) is 22.9. The molecule has 5 rings (SSSR count). The fourth-order valence-corrected chi connectivity index (χ4v) is 5.13. The second-order valence-electron chi connectivity index (χ2n) is 8.54. The predicted octanol–water partition coefficient (Wildman–Crippen LogP) is 6.95. The molecular formula is C28H27N3OS. The van der Waals surface area contributed by atoms with E-state index in [0.29, 0.717) is 6.54 Å². The molecule has 0 aliphatic carbocycles. The summed E-state index contributed by atoms with van der Waals surface area (Å²) < 4.78 is 2.21. The lowest BCUT2D eigenvalue weighted by molar-refractivity contribution is 0.194. The number of rotatable bonds is 3. The standard InChI is InChI=1S/C28H27N3OS/c1-19-15-20(2)17-23(16-19)29-28(32)31-18-22-7-4-5-8-25(22)30-14-6-9-26(30)27(31)21-10-12-24(33-3)13-11-21/h4-17,27H,18H2,1-3H3,(H,29,32). The molecule has 1 N–H and O–H groups in total. The molecular weight excluding hydrogens is 426 g/mol. The lowest BCUT2D eigenvalue weighted by Gasteiger charge is -2.31. The summed E-state index contributed by atoms with van der Waals surface area (Å²) >= 11 is 1.72. The minimum atomic E-state index is -0.214. The van der Waals surface area contributed by atoms with Crippen LogP contribution >= 0.6 is 11.8 Å². The number of anilines is 1. The number of carbonyl (C=O) groups excluding carboxylic acids is 1. The molecule has 0 bridgehead atoms. The molecule has 0 saturated carbocycles. The summed E-state index contributed by atoms with van der Waals surface area (Å²) in [6, 6.07) is 26.9. The number of thioether (sulfide) groups is 1. The Morgan fingerprint density at radius 1 is 0.939 bits per heavy atom. The van der Waals surface area contributed by atoms with Gasteiger partial charge in [-0.15, -0.1) is 11.8 Å². The van der Waals surface area contributed by atoms with E-state index >= 15 is 0 Å². The Kier molecular flexibility index (Phi) is 5.73. The van der Waals surface area contributed by atoms with E-state index in [2.05, 4.69) is 83.0 Å². The number of nitrogens with one attached hydrogen (secondary N) is 1. The van der Waals surface area contributed by atoms with Crippen LogP contribution in [0.1, 0.15) is 34.0 Å². The minimum Gasteiger partial charge on any atom is -0.318 e. The normalized spacial score (nSPS) is 14.9. The van der Waals surface area contributed by atoms with Crippen molar-refractivity contribution in [3.8, 4) is 5.69 Å². The number of hydrogen-bond donors (Lipinski definition) is 1. The smallest absolute Gasteiger partial charge is 0.318 e. The van der Waals surface area contributed by atoms with Gasteiger partial charge in [0.25, 0.3) is 0 Å². The number of nitrogens with zero attached hydrogens (tertiary/aromatic N) is 2. The number of urea groups is 1. The number of fused-ring (bicyclic) bond motifs is 3. The number of carbonyl (C=O) groups is 1. The minimum absolute atomic E-state index is 0.108. The number of amides is 2. The third-order valence-corrected chi connectivity index (χ3v) is 6.87. The lowest BCUT2D eigenvalue weighted by Crippen LogP contribution is -2.38. The van der Waals surface area contributed by atoms with Gasteiger partial charge in [-0.25, -0.2) is 4.79 Å². The molecule has 0 radical (unpaired) electrons. The summed E-state index contributed by atoms with van der Waals surface area (Å²) in [7, 11) is 0. The first-order valence-corrected chi connectivity index (χ1v) is 12.3. The quantitative estimate of drug-likeness (QED) is 0.341. The Morgan fingerprint density at radius 2 is 1.67 bits per heavy atom. The van der Waals surface area contributed by atoms with Crippen LogP contribution in [0, 0.1) is 13.8 Å². The van der Waals surface area contributed by atoms with Crippen molar-refractivity contribution in [1.29, 1.82) is 0 Å². The van der Waals surface area contributed by atoms with Gasteiger partial charge in [-0.05, 0) is 84.8 Å². The summed E-state index contributed by atoms with van der Waals surface area (Å²) in [5.74, 6) is 0. The van der Waals surface area contributed by atoms with Crippen LogP contribution in [0.3, 0.4) is 0 Å². The Hall–Kier alpha value is -3.44. The molecule has 2 heterocycles. The predicted molar refractivity (Wildman–Crippen MR) is 136 cm³/mol. The first-order valence-electron chi connectivity index (χ1n) is 11.1. The average Bonchev–Trinajstić information content (AvgIpc) is 3.23. The summed E-state index contributed by atoms with van der Waals surface area (Å²) in [6.45, 7) is 4.62. The molecule has 1 atom stereocenters. The van der Waals surface area contributed by atoms with Crippen LogP contribution in [0.15, 0.2) is 90.0 Å². The third-order valence-electron chi connectivity index (χ3n) is 6.13. The van der Waals surface area contributed by atoms with Gasteiger partial charge in [-0.3, -0.25) is 0 Å². The van der Waals surface area contributed by atoms with Crippen molar-refractivity contribution in [2.75, 3.05) is 11.6 Å². The van der Waals surface area contributed by atoms with Crippen LogP contribution in [-0.4, -0.2) is 21.8 Å². The van der Waals surface area contributed by atoms with Crippen molar-refractivity contribution in [2.24, 2.45) is 0 Å². The maximum absolute atomic E-state index is 13.8. The van der Waals surface area contributed by atoms with Gasteiger partial charge in [0.15, 0.2) is 0 Å². The second-order valence-corrected chi connectivity index (χ2v) is 9.42. The summed E-state index contributed by atoms with van der Waals surface area (Å²) in [5, 5.41) is 3.17. The van der Waals surface area contributed by atoms with E-state index in [1.54, 1.807) is 11.8 Å². The highest BCUT2D eigenvalue weighted by molar-refractivity contribution is 7.98. The second kappa shape index (κ2) is 8.83. The molecule has 1 aromatic heterocycles. The molecule has 33 heavy (non-hydrogen) atoms. The molecule has 1 aliphatic rings. The number of hydrogen-bond acceptors (Lipinski definition) is 2. The SMILES string of the molecule is CSc1ccc(C2c3cccn3-c3ccccc3CN2C(=O)Nc2cc(C)cc(C)c2)cc1. The molecule has 3 aromatic carbocycles. The zero-order valence-electron chi connectivity index (χ0n) is 19.1. The lowest BCUT2D eigenvalue weighted by atomic mass is 10.0. The van der Waals surface area contributed by atoms with Gasteiger partial charge in [0.05, 0.1) is 18.3 Å². The number of aryl methyl sites for hydroxylation is 2. The van der Waals surface area contributed by atoms with E-state index in [-0.39, 0.29) is 12.1 Å². The molecule has 5 heteroatoms. The highest BCUT2D eigenvalue weighted by atomic mass is 32.2. The summed E-state index contributed by atoms with van der Waals surface area (Å²) in [5.41, 5.74) is 7.48. The van der Waals surface area contributed by atoms with E-state index in [0.717, 1.165) is 39.3 Å². The van der Waals surface area contributed by atoms with Crippen molar-refractivity contribution in [3.63, 3.8) is 0 Å². The molecule has 4 nitrogen and oxygen atoms in total. The van der Waals surface area contributed by atoms with Crippen LogP contribution < -0.4 is 5.32 Å². The first kappa shape index (κ1) is 21.4. The fourth-order valence-electron chi connectivity index (χ4n) is 4.72. The Bertz CT molecular complexity index is 1290. The van der Waals surface area contributed by atoms with Crippen molar-refractivity contribution in [1.82, 2.24) is 9.47 Å². The molecule has 4 aromatic rings. The van der Waals surface area contributed by atoms with Crippen LogP contribution in [0.5, 0.6) is 0 Å². The van der Waals surface area contributed by atoms with Gasteiger partial charge in [0.2, 0.25) is 0 Å². The summed E-state index contributed by atoms with van der Waals surface area (Å²) in [4.78, 5) is 16.9. The highest BCUT2D eigenvalue weighted by Gasteiger charge is 2.33. The van der Waals surface area contributed by atoms with Gasteiger partial charge >= 0.3 is 6.03 Å². The number of aromatic nitrogens is 1. The van der Waals surface area contributed by atoms with Crippen molar-refractivity contribution >= 4 is 23.5 Å². The average molecular weight is 454 g/mol. The van der Waals surface area contributed by atoms with Crippen LogP contribution in [0.2, 0.25) is 0 Å². The Balaban J connectivity index is 1.62. The monoisotopic (exact) mass is 453 g/mol. The molecule has 1 unspecified atom stereocenters. The molecule has 0 fully saturated rings. The van der Waals surface area contributed by atoms with Gasteiger partial charge < -0.3 is 14.8 Å². The highest BCUT2D eigenvalue weighted by Crippen LogP contribution is 2.37. The molecule has 1 aliphatic heterocycles. The van der Waals surface area contributed by atoms with E-state index in [9.17, 15) is 4.79 Å². The summed E-state index contributed by atoms with van der Waals surface area (Å²) in [6.07, 6.45) is 4.16. The molecule has 0 saturated heterocycles. The van der Waals surface area contributed by atoms with Crippen molar-refractivity contribution in [2.45, 2.75) is 31.3 Å². The van der Waals surface area contributed by atoms with Gasteiger partial charge in [-0.1, -0.05) is 36.4 Å². The van der Waals surface area contributed by atoms with E-state index in [1.807, 2.05) is 36.9 Å². The maximum Gasteiger partial charge on any atom is 0.322 e. The molecule has 2 amide bonds. The zero-order valence-corrected chi connectivity index (χ0v) is 19.9. The van der Waals surface area contributed by atoms with Crippen LogP contribution in [0.4, 0.5) is 10.5 Å². The Labute approximate surface area is 199 Å². The van der Waals surface area contributed by atoms with Crippen molar-refractivity contribution < 1.29 is 4.79 Å². The number of para-hydroxylation sites is 1.